The highest BCUT2D eigenvalue weighted by Crippen LogP contribution is 2.45. The number of para-hydroxylation sites is 1. The van der Waals surface area contributed by atoms with Gasteiger partial charge in [-0.3, -0.25) is 10.1 Å². The summed E-state index contributed by atoms with van der Waals surface area (Å²) in [7, 11) is 0. The molecule has 2 N–H and O–H groups in total. The van der Waals surface area contributed by atoms with E-state index in [0.29, 0.717) is 29.2 Å². The number of carbonyl (C=O) groups is 1. The summed E-state index contributed by atoms with van der Waals surface area (Å²) in [4.78, 5) is 27.4. The third kappa shape index (κ3) is 3.19. The predicted molar refractivity (Wildman–Crippen MR) is 95.6 cm³/mol. The van der Waals surface area contributed by atoms with E-state index < -0.39 is 16.8 Å². The lowest BCUT2D eigenvalue weighted by Crippen LogP contribution is -2.28. The van der Waals surface area contributed by atoms with Crippen LogP contribution in [0.4, 0.5) is 5.69 Å². The molecule has 0 radical (unpaired) electrons. The van der Waals surface area contributed by atoms with Gasteiger partial charge >= 0.3 is 5.97 Å². The number of hydrogen-bond donors (Lipinski definition) is 2. The third-order valence-corrected chi connectivity index (χ3v) is 4.45. The lowest BCUT2D eigenvalue weighted by atomic mass is 9.79. The zero-order chi connectivity index (χ0) is 19.7. The van der Waals surface area contributed by atoms with Crippen LogP contribution in [0.1, 0.15) is 44.0 Å². The average Bonchev–Trinajstić information content (AvgIpc) is 3.09. The molecule has 3 rings (SSSR count). The number of aliphatic carboxylic acids is 1. The van der Waals surface area contributed by atoms with Crippen LogP contribution in [0.25, 0.3) is 5.57 Å². The average molecular weight is 370 g/mol. The van der Waals surface area contributed by atoms with Crippen molar-refractivity contribution in [2.24, 2.45) is 0 Å². The Morgan fingerprint density at radius 2 is 2.04 bits per heavy atom. The van der Waals surface area contributed by atoms with Gasteiger partial charge in [0.15, 0.2) is 5.82 Å². The molecule has 0 aliphatic carbocycles. The maximum absolute atomic E-state index is 12.0. The molecule has 140 valence electrons. The fourth-order valence-electron chi connectivity index (χ4n) is 3.28. The molecule has 1 aromatic heterocycles. The van der Waals surface area contributed by atoms with Gasteiger partial charge in [0.25, 0.3) is 11.6 Å². The molecule has 1 aromatic carbocycles. The highest BCUT2D eigenvalue weighted by atomic mass is 16.6. The molecule has 2 heterocycles. The molecule has 1 atom stereocenters. The molecular weight excluding hydrogens is 352 g/mol. The Morgan fingerprint density at radius 1 is 1.33 bits per heavy atom. The molecule has 0 saturated carbocycles. The number of nitro benzene ring substituents is 1. The summed E-state index contributed by atoms with van der Waals surface area (Å²) in [6.07, 6.45) is 0.542. The number of carboxylic acid groups (broad SMARTS) is 1. The molecular formula is C18H18N4O5. The van der Waals surface area contributed by atoms with Gasteiger partial charge in [0.05, 0.1) is 16.4 Å². The number of nitrogens with zero attached hydrogens (tertiary/aromatic N) is 3. The maximum atomic E-state index is 12.0. The summed E-state index contributed by atoms with van der Waals surface area (Å²) >= 11 is 0. The second-order valence-corrected chi connectivity index (χ2v) is 6.13. The first-order valence-corrected chi connectivity index (χ1v) is 8.33. The normalized spacial score (nSPS) is 17.1. The summed E-state index contributed by atoms with van der Waals surface area (Å²) < 4.78 is 5.34. The van der Waals surface area contributed by atoms with Crippen molar-refractivity contribution in [3.05, 3.63) is 68.6 Å². The molecule has 0 bridgehead atoms. The van der Waals surface area contributed by atoms with Crippen molar-refractivity contribution in [2.45, 2.75) is 33.1 Å². The largest absolute Gasteiger partial charge is 0.478 e. The van der Waals surface area contributed by atoms with Gasteiger partial charge in [0, 0.05) is 35.0 Å². The molecule has 1 aliphatic heterocycles. The lowest BCUT2D eigenvalue weighted by molar-refractivity contribution is -0.385. The maximum Gasteiger partial charge on any atom is 0.334 e. The fourth-order valence-corrected chi connectivity index (χ4v) is 3.28. The van der Waals surface area contributed by atoms with Crippen LogP contribution in [0, 0.1) is 10.1 Å². The molecule has 27 heavy (non-hydrogen) atoms. The molecule has 1 unspecified atom stereocenters. The zero-order valence-electron chi connectivity index (χ0n) is 15.0. The number of dihydropyridines is 1. The van der Waals surface area contributed by atoms with E-state index in [1.54, 1.807) is 26.0 Å². The van der Waals surface area contributed by atoms with E-state index in [4.69, 9.17) is 4.52 Å². The molecule has 9 nitrogen and oxygen atoms in total. The van der Waals surface area contributed by atoms with Crippen molar-refractivity contribution < 1.29 is 19.3 Å². The smallest absolute Gasteiger partial charge is 0.334 e. The van der Waals surface area contributed by atoms with E-state index in [1.165, 1.54) is 12.1 Å². The summed E-state index contributed by atoms with van der Waals surface area (Å²) in [6, 6.07) is 6.08. The zero-order valence-corrected chi connectivity index (χ0v) is 15.0. The number of nitrogens with one attached hydrogen (secondary N) is 1. The van der Waals surface area contributed by atoms with Gasteiger partial charge in [0.1, 0.15) is 0 Å². The molecule has 9 heteroatoms. The molecule has 1 aliphatic rings. The van der Waals surface area contributed by atoms with Crippen LogP contribution in [0.2, 0.25) is 0 Å². The Balaban J connectivity index is 2.29. The minimum Gasteiger partial charge on any atom is -0.478 e. The van der Waals surface area contributed by atoms with Crippen molar-refractivity contribution in [3.8, 4) is 0 Å². The van der Waals surface area contributed by atoms with Crippen LogP contribution in [0.15, 0.2) is 45.8 Å². The first kappa shape index (κ1) is 18.3. The number of carboxylic acids is 1. The monoisotopic (exact) mass is 370 g/mol. The number of aryl methyl sites for hydroxylation is 1. The SMILES string of the molecule is CCc1noc(C2=C(C)NC(C)=C(C(=O)O)C2c2ccccc2[N+](=O)[O-])n1. The van der Waals surface area contributed by atoms with Gasteiger partial charge in [-0.2, -0.15) is 4.98 Å². The van der Waals surface area contributed by atoms with E-state index >= 15 is 0 Å². The Labute approximate surface area is 154 Å². The van der Waals surface area contributed by atoms with E-state index in [2.05, 4.69) is 15.5 Å². The highest BCUT2D eigenvalue weighted by Gasteiger charge is 2.39. The van der Waals surface area contributed by atoms with Gasteiger partial charge in [0.2, 0.25) is 0 Å². The van der Waals surface area contributed by atoms with E-state index in [-0.39, 0.29) is 22.7 Å². The van der Waals surface area contributed by atoms with Gasteiger partial charge in [-0.25, -0.2) is 4.79 Å². The first-order valence-electron chi connectivity index (χ1n) is 8.33. The lowest BCUT2D eigenvalue weighted by Gasteiger charge is -2.28. The summed E-state index contributed by atoms with van der Waals surface area (Å²) in [5.74, 6) is -1.49. The first-order chi connectivity index (χ1) is 12.8. The van der Waals surface area contributed by atoms with Crippen molar-refractivity contribution in [3.63, 3.8) is 0 Å². The van der Waals surface area contributed by atoms with Crippen LogP contribution < -0.4 is 5.32 Å². The fraction of sp³-hybridized carbons (Fsp3) is 0.278. The number of rotatable bonds is 5. The molecule has 0 spiro atoms. The van der Waals surface area contributed by atoms with Crippen LogP contribution in [-0.4, -0.2) is 26.1 Å². The van der Waals surface area contributed by atoms with Crippen molar-refractivity contribution in [2.75, 3.05) is 0 Å². The summed E-state index contributed by atoms with van der Waals surface area (Å²) in [6.45, 7) is 5.23. The Morgan fingerprint density at radius 3 is 2.63 bits per heavy atom. The quantitative estimate of drug-likeness (QED) is 0.606. The second-order valence-electron chi connectivity index (χ2n) is 6.13. The van der Waals surface area contributed by atoms with Crippen LogP contribution in [-0.2, 0) is 11.2 Å². The summed E-state index contributed by atoms with van der Waals surface area (Å²) in [5.41, 5.74) is 1.51. The van der Waals surface area contributed by atoms with Crippen molar-refractivity contribution in [1.29, 1.82) is 0 Å². The topological polar surface area (TPSA) is 131 Å². The van der Waals surface area contributed by atoms with Crippen LogP contribution in [0.3, 0.4) is 0 Å². The molecule has 0 saturated heterocycles. The number of benzene rings is 1. The Bertz CT molecular complexity index is 989. The highest BCUT2D eigenvalue weighted by molar-refractivity contribution is 5.96. The minimum absolute atomic E-state index is 0.00106. The molecule has 0 amide bonds. The van der Waals surface area contributed by atoms with Gasteiger partial charge < -0.3 is 14.9 Å². The summed E-state index contributed by atoms with van der Waals surface area (Å²) in [5, 5.41) is 28.3. The third-order valence-electron chi connectivity index (χ3n) is 4.45. The number of nitro groups is 1. The van der Waals surface area contributed by atoms with Gasteiger partial charge in [-0.05, 0) is 13.8 Å². The van der Waals surface area contributed by atoms with Crippen molar-refractivity contribution >= 4 is 17.2 Å². The minimum atomic E-state index is -1.18. The number of hydrogen-bond acceptors (Lipinski definition) is 7. The predicted octanol–water partition coefficient (Wildman–Crippen LogP) is 3.02. The van der Waals surface area contributed by atoms with E-state index in [1.807, 2.05) is 6.92 Å². The molecule has 0 fully saturated rings. The van der Waals surface area contributed by atoms with E-state index in [9.17, 15) is 20.0 Å². The van der Waals surface area contributed by atoms with E-state index in [0.717, 1.165) is 0 Å². The van der Waals surface area contributed by atoms with Crippen LogP contribution in [0.5, 0.6) is 0 Å². The van der Waals surface area contributed by atoms with Gasteiger partial charge in [-0.15, -0.1) is 0 Å². The van der Waals surface area contributed by atoms with Crippen LogP contribution >= 0.6 is 0 Å². The standard InChI is InChI=1S/C18H18N4O5/c1-4-13-20-17(27-21-13)14-9(2)19-10(3)15(18(23)24)16(14)11-7-5-6-8-12(11)22(25)26/h5-8,16,19H,4H2,1-3H3,(H,23,24). The number of allylic oxidation sites excluding steroid dienone is 3. The van der Waals surface area contributed by atoms with Crippen molar-refractivity contribution in [1.82, 2.24) is 15.5 Å². The Hall–Kier alpha value is -3.49. The second kappa shape index (κ2) is 7.02. The molecule has 2 aromatic rings. The van der Waals surface area contributed by atoms with Gasteiger partial charge in [-0.1, -0.05) is 30.3 Å². The Kier molecular flexibility index (Phi) is 4.76. The number of aromatic nitrogens is 2.